The summed E-state index contributed by atoms with van der Waals surface area (Å²) < 4.78 is 18.4. The Balaban J connectivity index is 1.91. The van der Waals surface area contributed by atoms with E-state index >= 15 is 0 Å². The van der Waals surface area contributed by atoms with Crippen molar-refractivity contribution in [3.63, 3.8) is 0 Å². The number of aryl methyl sites for hydroxylation is 1. The van der Waals surface area contributed by atoms with Gasteiger partial charge in [0.15, 0.2) is 5.58 Å². The van der Waals surface area contributed by atoms with Crippen LogP contribution in [0.3, 0.4) is 0 Å². The van der Waals surface area contributed by atoms with E-state index in [2.05, 4.69) is 16.4 Å². The van der Waals surface area contributed by atoms with Crippen LogP contribution in [0, 0.1) is 6.92 Å². The number of thiophene rings is 1. The summed E-state index contributed by atoms with van der Waals surface area (Å²) in [5.41, 5.74) is 9.02. The van der Waals surface area contributed by atoms with Crippen LogP contribution in [-0.4, -0.2) is 17.7 Å². The first-order valence-electron chi connectivity index (χ1n) is 7.74. The van der Waals surface area contributed by atoms with E-state index in [0.29, 0.717) is 30.1 Å². The molecule has 0 aliphatic rings. The standard InChI is InChI=1S/C17H19ClFN3OS/c1-10-14(7-11(20)4-5-19)23-17-13(8-15(18)22-16(10)17)21-9-12-3-2-6-24-12/h2-3,6,8,11H,4-5,7,9,20H2,1H3,(H,21,22)/t11-/m0/s1. The van der Waals surface area contributed by atoms with Crippen molar-refractivity contribution in [3.05, 3.63) is 44.9 Å². The van der Waals surface area contributed by atoms with E-state index in [-0.39, 0.29) is 6.04 Å². The number of pyridine rings is 1. The quantitative estimate of drug-likeness (QED) is 0.594. The Morgan fingerprint density at radius 3 is 3.04 bits per heavy atom. The summed E-state index contributed by atoms with van der Waals surface area (Å²) in [6.07, 6.45) is 0.794. The lowest BCUT2D eigenvalue weighted by molar-refractivity contribution is 0.419. The molecular weight excluding hydrogens is 349 g/mol. The Bertz CT molecular complexity index is 819. The number of rotatable bonds is 7. The first-order chi connectivity index (χ1) is 11.6. The molecule has 3 aromatic heterocycles. The normalized spacial score (nSPS) is 12.7. The molecule has 0 saturated heterocycles. The number of halogens is 2. The van der Waals surface area contributed by atoms with Crippen LogP contribution in [0.15, 0.2) is 28.0 Å². The van der Waals surface area contributed by atoms with Gasteiger partial charge in [-0.05, 0) is 24.8 Å². The van der Waals surface area contributed by atoms with Crippen molar-refractivity contribution < 1.29 is 8.81 Å². The molecule has 1 atom stereocenters. The molecule has 3 rings (SSSR count). The second kappa shape index (κ2) is 7.51. The molecule has 0 radical (unpaired) electrons. The average molecular weight is 368 g/mol. The summed E-state index contributed by atoms with van der Waals surface area (Å²) in [5.74, 6) is 0.736. The molecular formula is C17H19ClFN3OS. The Morgan fingerprint density at radius 2 is 2.33 bits per heavy atom. The molecule has 0 fully saturated rings. The van der Waals surface area contributed by atoms with Gasteiger partial charge in [-0.1, -0.05) is 17.7 Å². The van der Waals surface area contributed by atoms with E-state index in [1.807, 2.05) is 18.4 Å². The summed E-state index contributed by atoms with van der Waals surface area (Å²) >= 11 is 7.84. The maximum Gasteiger partial charge on any atom is 0.176 e. The van der Waals surface area contributed by atoms with Crippen LogP contribution >= 0.6 is 22.9 Å². The molecule has 4 nitrogen and oxygen atoms in total. The first kappa shape index (κ1) is 17.2. The minimum atomic E-state index is -0.432. The second-order valence-corrected chi connectivity index (χ2v) is 7.11. The Kier molecular flexibility index (Phi) is 5.38. The summed E-state index contributed by atoms with van der Waals surface area (Å²) in [4.78, 5) is 5.59. The second-order valence-electron chi connectivity index (χ2n) is 5.70. The van der Waals surface area contributed by atoms with Crippen LogP contribution in [0.25, 0.3) is 11.1 Å². The van der Waals surface area contributed by atoms with Gasteiger partial charge in [0.2, 0.25) is 0 Å². The monoisotopic (exact) mass is 367 g/mol. The molecule has 0 amide bonds. The summed E-state index contributed by atoms with van der Waals surface area (Å²) in [7, 11) is 0. The van der Waals surface area contributed by atoms with E-state index in [9.17, 15) is 4.39 Å². The zero-order chi connectivity index (χ0) is 17.1. The number of aromatic nitrogens is 1. The Hall–Kier alpha value is -1.63. The fraction of sp³-hybridized carbons (Fsp3) is 0.353. The molecule has 3 heterocycles. The molecule has 0 aliphatic carbocycles. The average Bonchev–Trinajstić information content (AvgIpc) is 3.15. The number of nitrogens with zero attached hydrogens (tertiary/aromatic N) is 1. The van der Waals surface area contributed by atoms with Gasteiger partial charge in [-0.15, -0.1) is 11.3 Å². The summed E-state index contributed by atoms with van der Waals surface area (Å²) in [5, 5.41) is 5.79. The van der Waals surface area contributed by atoms with Gasteiger partial charge in [0, 0.05) is 35.5 Å². The fourth-order valence-corrected chi connectivity index (χ4v) is 3.43. The number of hydrogen-bond donors (Lipinski definition) is 2. The van der Waals surface area contributed by atoms with Crippen molar-refractivity contribution in [1.82, 2.24) is 4.98 Å². The molecule has 0 saturated carbocycles. The molecule has 0 aromatic carbocycles. The first-order valence-corrected chi connectivity index (χ1v) is 9.00. The minimum absolute atomic E-state index is 0.271. The van der Waals surface area contributed by atoms with E-state index in [4.69, 9.17) is 21.8 Å². The van der Waals surface area contributed by atoms with E-state index in [0.717, 1.165) is 22.5 Å². The third-order valence-electron chi connectivity index (χ3n) is 3.90. The zero-order valence-electron chi connectivity index (χ0n) is 13.3. The summed E-state index contributed by atoms with van der Waals surface area (Å²) in [6.45, 7) is 2.18. The van der Waals surface area contributed by atoms with Crippen LogP contribution in [0.2, 0.25) is 5.15 Å². The molecule has 0 bridgehead atoms. The molecule has 3 N–H and O–H groups in total. The number of fused-ring (bicyclic) bond motifs is 1. The summed E-state index contributed by atoms with van der Waals surface area (Å²) in [6, 6.07) is 5.56. The van der Waals surface area contributed by atoms with Crippen LogP contribution in [-0.2, 0) is 13.0 Å². The largest absolute Gasteiger partial charge is 0.457 e. The highest BCUT2D eigenvalue weighted by Gasteiger charge is 2.18. The van der Waals surface area contributed by atoms with Crippen LogP contribution in [0.4, 0.5) is 10.1 Å². The maximum absolute atomic E-state index is 12.5. The molecule has 0 aliphatic heterocycles. The van der Waals surface area contributed by atoms with Crippen molar-refractivity contribution >= 4 is 39.7 Å². The van der Waals surface area contributed by atoms with E-state index in [1.165, 1.54) is 4.88 Å². The Labute approximate surface area is 148 Å². The fourth-order valence-electron chi connectivity index (χ4n) is 2.59. The van der Waals surface area contributed by atoms with Crippen molar-refractivity contribution in [2.75, 3.05) is 12.0 Å². The number of nitrogens with one attached hydrogen (secondary N) is 1. The highest BCUT2D eigenvalue weighted by atomic mass is 35.5. The number of nitrogens with two attached hydrogens (primary N) is 1. The van der Waals surface area contributed by atoms with Gasteiger partial charge in [0.1, 0.15) is 16.4 Å². The molecule has 0 spiro atoms. The lowest BCUT2D eigenvalue weighted by Gasteiger charge is -2.07. The van der Waals surface area contributed by atoms with Gasteiger partial charge in [0.05, 0.1) is 12.4 Å². The lowest BCUT2D eigenvalue weighted by Crippen LogP contribution is -2.23. The van der Waals surface area contributed by atoms with Crippen molar-refractivity contribution in [2.45, 2.75) is 32.4 Å². The minimum Gasteiger partial charge on any atom is -0.457 e. The van der Waals surface area contributed by atoms with Gasteiger partial charge in [-0.25, -0.2) is 4.98 Å². The predicted octanol–water partition coefficient (Wildman–Crippen LogP) is 4.69. The lowest BCUT2D eigenvalue weighted by atomic mass is 10.1. The molecule has 3 aromatic rings. The topological polar surface area (TPSA) is 64.1 Å². The van der Waals surface area contributed by atoms with Gasteiger partial charge in [-0.2, -0.15) is 0 Å². The van der Waals surface area contributed by atoms with Gasteiger partial charge >= 0.3 is 0 Å². The highest BCUT2D eigenvalue weighted by Crippen LogP contribution is 2.32. The third kappa shape index (κ3) is 3.71. The number of anilines is 1. The Morgan fingerprint density at radius 1 is 1.50 bits per heavy atom. The zero-order valence-corrected chi connectivity index (χ0v) is 14.9. The molecule has 128 valence electrons. The SMILES string of the molecule is Cc1c(C[C@@H](N)CCF)oc2c(NCc3cccs3)cc(Cl)nc12. The van der Waals surface area contributed by atoms with Crippen molar-refractivity contribution in [2.24, 2.45) is 5.73 Å². The van der Waals surface area contributed by atoms with Gasteiger partial charge < -0.3 is 15.5 Å². The van der Waals surface area contributed by atoms with E-state index < -0.39 is 6.67 Å². The smallest absolute Gasteiger partial charge is 0.176 e. The highest BCUT2D eigenvalue weighted by molar-refractivity contribution is 7.09. The van der Waals surface area contributed by atoms with Crippen LogP contribution in [0.1, 0.15) is 22.6 Å². The van der Waals surface area contributed by atoms with Gasteiger partial charge in [0.25, 0.3) is 0 Å². The molecule has 0 unspecified atom stereocenters. The molecule has 7 heteroatoms. The van der Waals surface area contributed by atoms with Crippen LogP contribution in [0.5, 0.6) is 0 Å². The number of furan rings is 1. The van der Waals surface area contributed by atoms with E-state index in [1.54, 1.807) is 17.4 Å². The number of alkyl halides is 1. The third-order valence-corrected chi connectivity index (χ3v) is 4.97. The van der Waals surface area contributed by atoms with Crippen molar-refractivity contribution in [1.29, 1.82) is 0 Å². The van der Waals surface area contributed by atoms with Crippen molar-refractivity contribution in [3.8, 4) is 0 Å². The molecule has 24 heavy (non-hydrogen) atoms. The van der Waals surface area contributed by atoms with Crippen LogP contribution < -0.4 is 11.1 Å². The van der Waals surface area contributed by atoms with Gasteiger partial charge in [-0.3, -0.25) is 4.39 Å². The predicted molar refractivity (Wildman–Crippen MR) is 97.7 cm³/mol. The number of hydrogen-bond acceptors (Lipinski definition) is 5. The maximum atomic E-state index is 12.5.